The second-order valence-corrected chi connectivity index (χ2v) is 7.03. The van der Waals surface area contributed by atoms with Crippen LogP contribution in [0.1, 0.15) is 35.2 Å². The molecule has 5 nitrogen and oxygen atoms in total. The van der Waals surface area contributed by atoms with Crippen molar-refractivity contribution in [3.8, 4) is 0 Å². The van der Waals surface area contributed by atoms with Gasteiger partial charge in [0.05, 0.1) is 17.7 Å². The molecular weight excluding hydrogens is 347 g/mol. The van der Waals surface area contributed by atoms with E-state index in [1.165, 1.54) is 12.1 Å². The number of carbonyl (C=O) groups is 2. The Labute approximate surface area is 149 Å². The van der Waals surface area contributed by atoms with E-state index in [0.717, 1.165) is 44.5 Å². The molecular formula is C18H22F3N3O2. The van der Waals surface area contributed by atoms with Gasteiger partial charge in [-0.2, -0.15) is 13.2 Å². The number of alkyl halides is 3. The zero-order chi connectivity index (χ0) is 18.8. The van der Waals surface area contributed by atoms with E-state index in [1.54, 1.807) is 4.90 Å². The Bertz CT molecular complexity index is 675. The first-order valence-electron chi connectivity index (χ1n) is 8.74. The summed E-state index contributed by atoms with van der Waals surface area (Å²) in [4.78, 5) is 26.1. The summed E-state index contributed by atoms with van der Waals surface area (Å²) in [5.74, 6) is -1.15. The monoisotopic (exact) mass is 369 g/mol. The van der Waals surface area contributed by atoms with E-state index in [-0.39, 0.29) is 17.9 Å². The molecule has 2 N–H and O–H groups in total. The molecule has 1 aromatic rings. The van der Waals surface area contributed by atoms with E-state index in [9.17, 15) is 22.8 Å². The van der Waals surface area contributed by atoms with Crippen LogP contribution in [-0.2, 0) is 11.0 Å². The van der Waals surface area contributed by atoms with E-state index in [0.29, 0.717) is 13.1 Å². The van der Waals surface area contributed by atoms with Crippen LogP contribution in [0.5, 0.6) is 0 Å². The molecule has 2 saturated heterocycles. The SMILES string of the molecule is O=C(NCC(=O)N1CCC2(CCNC2)CC1)c1ccccc1C(F)(F)F. The molecule has 3 rings (SSSR count). The van der Waals surface area contributed by atoms with Crippen molar-refractivity contribution in [2.45, 2.75) is 25.4 Å². The van der Waals surface area contributed by atoms with Crippen LogP contribution < -0.4 is 10.6 Å². The first kappa shape index (κ1) is 18.7. The quantitative estimate of drug-likeness (QED) is 0.857. The van der Waals surface area contributed by atoms with Gasteiger partial charge in [0.1, 0.15) is 0 Å². The molecule has 0 saturated carbocycles. The maximum Gasteiger partial charge on any atom is 0.417 e. The van der Waals surface area contributed by atoms with E-state index in [4.69, 9.17) is 0 Å². The maximum atomic E-state index is 13.0. The summed E-state index contributed by atoms with van der Waals surface area (Å²) in [5, 5.41) is 5.68. The van der Waals surface area contributed by atoms with Gasteiger partial charge in [-0.25, -0.2) is 0 Å². The van der Waals surface area contributed by atoms with Gasteiger partial charge in [0.2, 0.25) is 5.91 Å². The number of benzene rings is 1. The van der Waals surface area contributed by atoms with Gasteiger partial charge >= 0.3 is 6.18 Å². The number of hydrogen-bond acceptors (Lipinski definition) is 3. The van der Waals surface area contributed by atoms with Gasteiger partial charge in [-0.05, 0) is 43.4 Å². The highest BCUT2D eigenvalue weighted by Crippen LogP contribution is 2.36. The van der Waals surface area contributed by atoms with Gasteiger partial charge in [-0.15, -0.1) is 0 Å². The number of hydrogen-bond donors (Lipinski definition) is 2. The maximum absolute atomic E-state index is 13.0. The van der Waals surface area contributed by atoms with Gasteiger partial charge in [0.25, 0.3) is 5.91 Å². The number of nitrogens with zero attached hydrogens (tertiary/aromatic N) is 1. The summed E-state index contributed by atoms with van der Waals surface area (Å²) < 4.78 is 38.9. The normalized spacial score (nSPS) is 19.6. The highest BCUT2D eigenvalue weighted by Gasteiger charge is 2.38. The fourth-order valence-electron chi connectivity index (χ4n) is 3.74. The van der Waals surface area contributed by atoms with Crippen molar-refractivity contribution in [2.24, 2.45) is 5.41 Å². The molecule has 2 heterocycles. The van der Waals surface area contributed by atoms with Crippen LogP contribution in [0.2, 0.25) is 0 Å². The average molecular weight is 369 g/mol. The Kier molecular flexibility index (Phi) is 5.22. The molecule has 0 unspecified atom stereocenters. The van der Waals surface area contributed by atoms with Crippen LogP contribution in [0.3, 0.4) is 0 Å². The minimum absolute atomic E-state index is 0.261. The lowest BCUT2D eigenvalue weighted by atomic mass is 9.78. The van der Waals surface area contributed by atoms with Crippen LogP contribution >= 0.6 is 0 Å². The summed E-state index contributed by atoms with van der Waals surface area (Å²) in [6, 6.07) is 4.56. The molecule has 2 aliphatic rings. The molecule has 1 spiro atoms. The number of piperidine rings is 1. The lowest BCUT2D eigenvalue weighted by Crippen LogP contribution is -2.47. The lowest BCUT2D eigenvalue weighted by Gasteiger charge is -2.38. The molecule has 2 fully saturated rings. The van der Waals surface area contributed by atoms with Gasteiger partial charge in [0.15, 0.2) is 0 Å². The molecule has 8 heteroatoms. The van der Waals surface area contributed by atoms with Gasteiger partial charge < -0.3 is 15.5 Å². The second-order valence-electron chi connectivity index (χ2n) is 7.03. The smallest absolute Gasteiger partial charge is 0.343 e. The van der Waals surface area contributed by atoms with E-state index in [1.807, 2.05) is 0 Å². The minimum Gasteiger partial charge on any atom is -0.343 e. The number of rotatable bonds is 3. The molecule has 1 aromatic carbocycles. The molecule has 26 heavy (non-hydrogen) atoms. The molecule has 0 atom stereocenters. The minimum atomic E-state index is -4.62. The summed E-state index contributed by atoms with van der Waals surface area (Å²) in [6.07, 6.45) is -1.68. The van der Waals surface area contributed by atoms with Gasteiger partial charge in [-0.3, -0.25) is 9.59 Å². The third kappa shape index (κ3) is 4.00. The van der Waals surface area contributed by atoms with Crippen molar-refractivity contribution in [2.75, 3.05) is 32.7 Å². The van der Waals surface area contributed by atoms with Crippen LogP contribution in [0, 0.1) is 5.41 Å². The first-order chi connectivity index (χ1) is 12.3. The highest BCUT2D eigenvalue weighted by atomic mass is 19.4. The summed E-state index contributed by atoms with van der Waals surface area (Å²) >= 11 is 0. The van der Waals surface area contributed by atoms with Crippen molar-refractivity contribution in [1.29, 1.82) is 0 Å². The fourth-order valence-corrected chi connectivity index (χ4v) is 3.74. The van der Waals surface area contributed by atoms with Crippen molar-refractivity contribution < 1.29 is 22.8 Å². The van der Waals surface area contributed by atoms with Gasteiger partial charge in [0, 0.05) is 19.6 Å². The number of likely N-dealkylation sites (tertiary alicyclic amines) is 1. The molecule has 2 amide bonds. The molecule has 0 bridgehead atoms. The Hall–Kier alpha value is -2.09. The predicted molar refractivity (Wildman–Crippen MR) is 89.5 cm³/mol. The number of halogens is 3. The van der Waals surface area contributed by atoms with Crippen molar-refractivity contribution in [3.63, 3.8) is 0 Å². The molecule has 2 aliphatic heterocycles. The average Bonchev–Trinajstić information content (AvgIpc) is 3.07. The van der Waals surface area contributed by atoms with Crippen molar-refractivity contribution >= 4 is 11.8 Å². The third-order valence-corrected chi connectivity index (χ3v) is 5.39. The van der Waals surface area contributed by atoms with Crippen LogP contribution in [-0.4, -0.2) is 49.4 Å². The molecule has 0 radical (unpaired) electrons. The predicted octanol–water partition coefficient (Wildman–Crippen LogP) is 2.04. The van der Waals surface area contributed by atoms with E-state index < -0.39 is 23.2 Å². The summed E-state index contributed by atoms with van der Waals surface area (Å²) in [7, 11) is 0. The molecule has 142 valence electrons. The summed E-state index contributed by atoms with van der Waals surface area (Å²) in [5.41, 5.74) is -1.20. The second kappa shape index (κ2) is 7.26. The number of amides is 2. The highest BCUT2D eigenvalue weighted by molar-refractivity contribution is 5.97. The van der Waals surface area contributed by atoms with Crippen LogP contribution in [0.4, 0.5) is 13.2 Å². The first-order valence-corrected chi connectivity index (χ1v) is 8.74. The Morgan fingerprint density at radius 1 is 1.15 bits per heavy atom. The zero-order valence-electron chi connectivity index (χ0n) is 14.4. The van der Waals surface area contributed by atoms with Crippen LogP contribution in [0.15, 0.2) is 24.3 Å². The van der Waals surface area contributed by atoms with E-state index >= 15 is 0 Å². The lowest BCUT2D eigenvalue weighted by molar-refractivity contribution is -0.137. The molecule has 0 aliphatic carbocycles. The number of nitrogens with one attached hydrogen (secondary N) is 2. The third-order valence-electron chi connectivity index (χ3n) is 5.39. The van der Waals surface area contributed by atoms with E-state index in [2.05, 4.69) is 10.6 Å². The topological polar surface area (TPSA) is 61.4 Å². The zero-order valence-corrected chi connectivity index (χ0v) is 14.4. The Morgan fingerprint density at radius 2 is 1.85 bits per heavy atom. The summed E-state index contributed by atoms with van der Waals surface area (Å²) in [6.45, 7) is 2.92. The largest absolute Gasteiger partial charge is 0.417 e. The van der Waals surface area contributed by atoms with Gasteiger partial charge in [-0.1, -0.05) is 12.1 Å². The molecule has 0 aromatic heterocycles. The van der Waals surface area contributed by atoms with Crippen molar-refractivity contribution in [3.05, 3.63) is 35.4 Å². The Morgan fingerprint density at radius 3 is 2.46 bits per heavy atom. The standard InChI is InChI=1S/C18H22F3N3O2/c19-18(20,21)14-4-2-1-3-13(14)16(26)23-11-15(25)24-9-6-17(7-10-24)5-8-22-12-17/h1-4,22H,5-12H2,(H,23,26). The Balaban J connectivity index is 1.55. The number of carbonyl (C=O) groups excluding carboxylic acids is 2. The van der Waals surface area contributed by atoms with Crippen molar-refractivity contribution in [1.82, 2.24) is 15.5 Å². The fraction of sp³-hybridized carbons (Fsp3) is 0.556. The van der Waals surface area contributed by atoms with Crippen LogP contribution in [0.25, 0.3) is 0 Å².